The molecule has 128 valence electrons. The highest BCUT2D eigenvalue weighted by Gasteiger charge is 2.33. The molecule has 0 bridgehead atoms. The van der Waals surface area contributed by atoms with E-state index in [0.29, 0.717) is 25.1 Å². The minimum absolute atomic E-state index is 0.0133. The second kappa shape index (κ2) is 8.99. The molecule has 0 spiro atoms. The van der Waals surface area contributed by atoms with Crippen molar-refractivity contribution in [2.24, 2.45) is 5.92 Å². The topological polar surface area (TPSA) is 54.5 Å². The Morgan fingerprint density at radius 2 is 2.39 bits per heavy atom. The molecule has 1 unspecified atom stereocenters. The highest BCUT2D eigenvalue weighted by Crippen LogP contribution is 2.35. The largest absolute Gasteiger partial charge is 0.369 e. The van der Waals surface area contributed by atoms with Gasteiger partial charge in [-0.3, -0.25) is 14.7 Å². The summed E-state index contributed by atoms with van der Waals surface area (Å²) in [5.41, 5.74) is 1.22. The Hall–Kier alpha value is -1.46. The van der Waals surface area contributed by atoms with Crippen molar-refractivity contribution in [3.63, 3.8) is 0 Å². The van der Waals surface area contributed by atoms with E-state index in [2.05, 4.69) is 35.2 Å². The van der Waals surface area contributed by atoms with Crippen LogP contribution in [-0.4, -0.2) is 48.6 Å². The molecule has 2 heterocycles. The Morgan fingerprint density at radius 1 is 1.57 bits per heavy atom. The van der Waals surface area contributed by atoms with Gasteiger partial charge in [-0.2, -0.15) is 0 Å². The number of hydrogen-bond donors (Lipinski definition) is 1. The summed E-state index contributed by atoms with van der Waals surface area (Å²) in [5.74, 6) is 0.400. The van der Waals surface area contributed by atoms with E-state index in [1.807, 2.05) is 19.2 Å². The van der Waals surface area contributed by atoms with Gasteiger partial charge in [0.25, 0.3) is 0 Å². The lowest BCUT2D eigenvalue weighted by atomic mass is 9.94. The molecule has 1 aromatic heterocycles. The maximum atomic E-state index is 12.2. The van der Waals surface area contributed by atoms with E-state index in [1.54, 1.807) is 6.20 Å². The SMILES string of the molecule is CCCCOC(C)C(=O)NC[C@@H]1CCN(C)[C@H]1c1cccnc1. The number of rotatable bonds is 8. The molecule has 0 radical (unpaired) electrons. The maximum absolute atomic E-state index is 12.2. The zero-order valence-electron chi connectivity index (χ0n) is 14.5. The molecule has 1 saturated heterocycles. The summed E-state index contributed by atoms with van der Waals surface area (Å²) >= 11 is 0. The predicted octanol–water partition coefficient (Wildman–Crippen LogP) is 2.40. The fourth-order valence-corrected chi connectivity index (χ4v) is 3.17. The molecule has 2 rings (SSSR count). The van der Waals surface area contributed by atoms with Crippen LogP contribution in [0.4, 0.5) is 0 Å². The van der Waals surface area contributed by atoms with E-state index in [0.717, 1.165) is 25.8 Å². The van der Waals surface area contributed by atoms with E-state index in [-0.39, 0.29) is 12.0 Å². The zero-order valence-corrected chi connectivity index (χ0v) is 14.5. The van der Waals surface area contributed by atoms with Crippen molar-refractivity contribution in [1.82, 2.24) is 15.2 Å². The smallest absolute Gasteiger partial charge is 0.248 e. The van der Waals surface area contributed by atoms with Gasteiger partial charge in [0.1, 0.15) is 6.10 Å². The first-order valence-electron chi connectivity index (χ1n) is 8.63. The van der Waals surface area contributed by atoms with E-state index in [1.165, 1.54) is 5.56 Å². The van der Waals surface area contributed by atoms with Gasteiger partial charge in [0.05, 0.1) is 0 Å². The van der Waals surface area contributed by atoms with Crippen LogP contribution in [0.3, 0.4) is 0 Å². The average Bonchev–Trinajstić information content (AvgIpc) is 2.94. The normalized spacial score (nSPS) is 22.9. The summed E-state index contributed by atoms with van der Waals surface area (Å²) < 4.78 is 5.56. The van der Waals surface area contributed by atoms with Crippen LogP contribution in [0.1, 0.15) is 44.7 Å². The van der Waals surface area contributed by atoms with Crippen molar-refractivity contribution >= 4 is 5.91 Å². The summed E-state index contributed by atoms with van der Waals surface area (Å²) in [5, 5.41) is 3.06. The number of pyridine rings is 1. The zero-order chi connectivity index (χ0) is 16.7. The molecule has 5 heteroatoms. The number of nitrogens with zero attached hydrogens (tertiary/aromatic N) is 2. The molecule has 1 aliphatic heterocycles. The number of unbranched alkanes of at least 4 members (excludes halogenated alkanes) is 1. The van der Waals surface area contributed by atoms with Crippen molar-refractivity contribution in [2.45, 2.75) is 45.3 Å². The van der Waals surface area contributed by atoms with Crippen molar-refractivity contribution in [2.75, 3.05) is 26.7 Å². The van der Waals surface area contributed by atoms with Crippen LogP contribution in [0.5, 0.6) is 0 Å². The number of nitrogens with one attached hydrogen (secondary N) is 1. The molecule has 0 aromatic carbocycles. The van der Waals surface area contributed by atoms with Gasteiger partial charge >= 0.3 is 0 Å². The summed E-state index contributed by atoms with van der Waals surface area (Å²) in [6.45, 7) is 6.32. The number of aromatic nitrogens is 1. The predicted molar refractivity (Wildman–Crippen MR) is 91.0 cm³/mol. The molecule has 5 nitrogen and oxygen atoms in total. The Labute approximate surface area is 139 Å². The number of amides is 1. The standard InChI is InChI=1S/C18H29N3O2/c1-4-5-11-23-14(2)18(22)20-13-16-8-10-21(3)17(16)15-7-6-9-19-12-15/h6-7,9,12,14,16-17H,4-5,8,10-11,13H2,1-3H3,(H,20,22)/t14?,16-,17-/m0/s1. The Morgan fingerprint density at radius 3 is 3.09 bits per heavy atom. The molecule has 23 heavy (non-hydrogen) atoms. The van der Waals surface area contributed by atoms with E-state index in [9.17, 15) is 4.79 Å². The first-order valence-corrected chi connectivity index (χ1v) is 8.63. The average molecular weight is 319 g/mol. The first kappa shape index (κ1) is 17.9. The van der Waals surface area contributed by atoms with Gasteiger partial charge in [-0.25, -0.2) is 0 Å². The number of carbonyl (C=O) groups excluding carboxylic acids is 1. The molecule has 1 aromatic rings. The third kappa shape index (κ3) is 5.01. The molecular weight excluding hydrogens is 290 g/mol. The van der Waals surface area contributed by atoms with Gasteiger partial charge in [-0.1, -0.05) is 19.4 Å². The lowest BCUT2D eigenvalue weighted by Crippen LogP contribution is -2.38. The molecule has 1 N–H and O–H groups in total. The number of ether oxygens (including phenoxy) is 1. The van der Waals surface area contributed by atoms with Gasteiger partial charge in [-0.05, 0) is 50.9 Å². The van der Waals surface area contributed by atoms with Crippen LogP contribution in [0.2, 0.25) is 0 Å². The van der Waals surface area contributed by atoms with Crippen LogP contribution in [0.25, 0.3) is 0 Å². The van der Waals surface area contributed by atoms with Gasteiger partial charge in [0.15, 0.2) is 0 Å². The molecule has 1 aliphatic rings. The molecule has 0 aliphatic carbocycles. The van der Waals surface area contributed by atoms with E-state index >= 15 is 0 Å². The summed E-state index contributed by atoms with van der Waals surface area (Å²) in [6.07, 6.45) is 6.51. The minimum Gasteiger partial charge on any atom is -0.369 e. The lowest BCUT2D eigenvalue weighted by molar-refractivity contribution is -0.132. The molecule has 1 fully saturated rings. The molecule has 3 atom stereocenters. The van der Waals surface area contributed by atoms with Gasteiger partial charge in [0, 0.05) is 31.6 Å². The van der Waals surface area contributed by atoms with E-state index < -0.39 is 0 Å². The lowest BCUT2D eigenvalue weighted by Gasteiger charge is -2.26. The number of likely N-dealkylation sites (tertiary alicyclic amines) is 1. The number of carbonyl (C=O) groups is 1. The minimum atomic E-state index is -0.377. The van der Waals surface area contributed by atoms with Crippen LogP contribution in [0.15, 0.2) is 24.5 Å². The van der Waals surface area contributed by atoms with Crippen molar-refractivity contribution in [3.8, 4) is 0 Å². The van der Waals surface area contributed by atoms with Gasteiger partial charge in [-0.15, -0.1) is 0 Å². The molecule has 0 saturated carbocycles. The van der Waals surface area contributed by atoms with Crippen LogP contribution >= 0.6 is 0 Å². The summed E-state index contributed by atoms with van der Waals surface area (Å²) in [7, 11) is 2.13. The van der Waals surface area contributed by atoms with Gasteiger partial charge < -0.3 is 10.1 Å². The highest BCUT2D eigenvalue weighted by molar-refractivity contribution is 5.80. The van der Waals surface area contributed by atoms with Crippen LogP contribution in [0, 0.1) is 5.92 Å². The summed E-state index contributed by atoms with van der Waals surface area (Å²) in [6, 6.07) is 4.41. The van der Waals surface area contributed by atoms with Gasteiger partial charge in [0.2, 0.25) is 5.91 Å². The Bertz CT molecular complexity index is 480. The third-order valence-electron chi connectivity index (χ3n) is 4.57. The highest BCUT2D eigenvalue weighted by atomic mass is 16.5. The molecular formula is C18H29N3O2. The van der Waals surface area contributed by atoms with Crippen molar-refractivity contribution in [3.05, 3.63) is 30.1 Å². The fourth-order valence-electron chi connectivity index (χ4n) is 3.17. The Kier molecular flexibility index (Phi) is 6.99. The monoisotopic (exact) mass is 319 g/mol. The van der Waals surface area contributed by atoms with Crippen molar-refractivity contribution < 1.29 is 9.53 Å². The summed E-state index contributed by atoms with van der Waals surface area (Å²) in [4.78, 5) is 18.7. The second-order valence-corrected chi connectivity index (χ2v) is 6.37. The fraction of sp³-hybridized carbons (Fsp3) is 0.667. The molecule has 1 amide bonds. The maximum Gasteiger partial charge on any atom is 0.248 e. The number of hydrogen-bond acceptors (Lipinski definition) is 4. The third-order valence-corrected chi connectivity index (χ3v) is 4.57. The second-order valence-electron chi connectivity index (χ2n) is 6.37. The van der Waals surface area contributed by atoms with Crippen molar-refractivity contribution in [1.29, 1.82) is 0 Å². The van der Waals surface area contributed by atoms with Crippen LogP contribution < -0.4 is 5.32 Å². The first-order chi connectivity index (χ1) is 11.1. The Balaban J connectivity index is 1.85. The van der Waals surface area contributed by atoms with E-state index in [4.69, 9.17) is 4.74 Å². The van der Waals surface area contributed by atoms with Crippen LogP contribution in [-0.2, 0) is 9.53 Å². The quantitative estimate of drug-likeness (QED) is 0.748.